The van der Waals surface area contributed by atoms with E-state index < -0.39 is 24.0 Å². The van der Waals surface area contributed by atoms with Crippen LogP contribution in [0.1, 0.15) is 54.2 Å². The molecule has 1 amide bonds. The highest BCUT2D eigenvalue weighted by molar-refractivity contribution is 5.92. The van der Waals surface area contributed by atoms with Gasteiger partial charge in [0.05, 0.1) is 23.7 Å². The van der Waals surface area contributed by atoms with E-state index >= 15 is 0 Å². The summed E-state index contributed by atoms with van der Waals surface area (Å²) in [5.74, 6) is -1.69. The molecule has 3 atom stereocenters. The van der Waals surface area contributed by atoms with Crippen molar-refractivity contribution < 1.29 is 28.6 Å². The molecule has 2 aromatic rings. The third-order valence-electron chi connectivity index (χ3n) is 5.45. The Morgan fingerprint density at radius 2 is 1.82 bits per heavy atom. The Morgan fingerprint density at radius 3 is 2.44 bits per heavy atom. The van der Waals surface area contributed by atoms with Crippen LogP contribution in [0.15, 0.2) is 17.2 Å². The maximum absolute atomic E-state index is 12.5. The second kappa shape index (κ2) is 10.4. The number of ether oxygens (including phenoxy) is 3. The molecule has 186 valence electrons. The molecule has 3 heterocycles. The fourth-order valence-electron chi connectivity index (χ4n) is 3.38. The molecule has 0 spiro atoms. The first kappa shape index (κ1) is 25.4. The largest absolute Gasteiger partial charge is 0.463 e. The molecule has 0 unspecified atom stereocenters. The van der Waals surface area contributed by atoms with Gasteiger partial charge < -0.3 is 29.1 Å². The van der Waals surface area contributed by atoms with Crippen molar-refractivity contribution in [2.45, 2.75) is 66.4 Å². The molecule has 1 aliphatic rings. The quantitative estimate of drug-likeness (QED) is 0.553. The number of aromatic amines is 1. The van der Waals surface area contributed by atoms with Gasteiger partial charge in [-0.05, 0) is 0 Å². The zero-order valence-corrected chi connectivity index (χ0v) is 20.3. The highest BCUT2D eigenvalue weighted by Gasteiger charge is 2.40. The molecule has 34 heavy (non-hydrogen) atoms. The Labute approximate surface area is 197 Å². The number of carbonyl (C=O) groups excluding carboxylic acids is 3. The number of H-pyrrole nitrogens is 1. The van der Waals surface area contributed by atoms with Crippen LogP contribution in [-0.2, 0) is 28.6 Å². The van der Waals surface area contributed by atoms with E-state index in [2.05, 4.69) is 15.3 Å². The van der Waals surface area contributed by atoms with Crippen molar-refractivity contribution in [3.8, 4) is 0 Å². The molecule has 0 bridgehead atoms. The number of hydrogen-bond donors (Lipinski definition) is 2. The normalized spacial score (nSPS) is 20.3. The lowest BCUT2D eigenvalue weighted by atomic mass is 10.1. The number of nitrogens with zero attached hydrogens (tertiary/aromatic N) is 2. The van der Waals surface area contributed by atoms with Crippen molar-refractivity contribution in [3.63, 3.8) is 0 Å². The Morgan fingerprint density at radius 1 is 1.15 bits per heavy atom. The summed E-state index contributed by atoms with van der Waals surface area (Å²) in [5, 5.41) is 2.68. The number of amides is 1. The molecule has 2 N–H and O–H groups in total. The first-order chi connectivity index (χ1) is 16.0. The molecule has 0 radical (unpaired) electrons. The molecule has 0 aliphatic carbocycles. The summed E-state index contributed by atoms with van der Waals surface area (Å²) in [6.45, 7) is 10.3. The van der Waals surface area contributed by atoms with E-state index in [1.807, 2.05) is 0 Å². The molecule has 1 fully saturated rings. The van der Waals surface area contributed by atoms with Crippen LogP contribution in [0.25, 0.3) is 11.0 Å². The second-order valence-electron chi connectivity index (χ2n) is 9.32. The fourth-order valence-corrected chi connectivity index (χ4v) is 3.38. The van der Waals surface area contributed by atoms with E-state index in [0.29, 0.717) is 5.52 Å². The monoisotopic (exact) mass is 476 g/mol. The molecular formula is C23H32N4O7. The van der Waals surface area contributed by atoms with Crippen molar-refractivity contribution in [2.75, 3.05) is 11.9 Å². The summed E-state index contributed by atoms with van der Waals surface area (Å²) in [6.07, 6.45) is -0.237. The predicted molar refractivity (Wildman–Crippen MR) is 123 cm³/mol. The third-order valence-corrected chi connectivity index (χ3v) is 5.45. The molecule has 1 aliphatic heterocycles. The molecule has 11 nitrogen and oxygen atoms in total. The first-order valence-corrected chi connectivity index (χ1v) is 11.4. The lowest BCUT2D eigenvalue weighted by Gasteiger charge is -2.20. The van der Waals surface area contributed by atoms with Crippen molar-refractivity contribution in [3.05, 3.63) is 22.7 Å². The minimum absolute atomic E-state index is 0.0769. The lowest BCUT2D eigenvalue weighted by molar-refractivity contribution is -0.162. The van der Waals surface area contributed by atoms with E-state index in [1.165, 1.54) is 6.33 Å². The van der Waals surface area contributed by atoms with Crippen LogP contribution in [0.5, 0.6) is 0 Å². The van der Waals surface area contributed by atoms with Crippen molar-refractivity contribution in [1.29, 1.82) is 0 Å². The van der Waals surface area contributed by atoms with Gasteiger partial charge in [0, 0.05) is 18.4 Å². The maximum atomic E-state index is 12.5. The Bertz CT molecular complexity index is 1120. The van der Waals surface area contributed by atoms with Gasteiger partial charge in [-0.1, -0.05) is 41.5 Å². The number of rotatable bonds is 8. The van der Waals surface area contributed by atoms with Crippen LogP contribution >= 0.6 is 0 Å². The van der Waals surface area contributed by atoms with Gasteiger partial charge in [-0.25, -0.2) is 4.98 Å². The fraction of sp³-hybridized carbons (Fsp3) is 0.609. The van der Waals surface area contributed by atoms with Crippen LogP contribution in [0.4, 0.5) is 5.82 Å². The van der Waals surface area contributed by atoms with Crippen LogP contribution < -0.4 is 10.9 Å². The van der Waals surface area contributed by atoms with Gasteiger partial charge in [-0.3, -0.25) is 19.2 Å². The van der Waals surface area contributed by atoms with Crippen LogP contribution in [0, 0.1) is 17.8 Å². The standard InChI is InChI=1S/C23H32N4O7/c1-11(2)20(28)25-17-7-14-19(21(29)26-17)24-10-27(14)18-8-15(34-23(31)13(5)6)16(33-18)9-32-22(30)12(3)4/h7,10-13,15-16,18H,8-9H2,1-6H3,(H2,25,26,28,29)/t15-,16+,18+/m0/s1. The van der Waals surface area contributed by atoms with Gasteiger partial charge in [-0.15, -0.1) is 0 Å². The molecule has 3 rings (SSSR count). The van der Waals surface area contributed by atoms with Crippen LogP contribution in [0.2, 0.25) is 0 Å². The Kier molecular flexibility index (Phi) is 7.75. The smallest absolute Gasteiger partial charge is 0.308 e. The van der Waals surface area contributed by atoms with Gasteiger partial charge in [0.1, 0.15) is 30.9 Å². The van der Waals surface area contributed by atoms with E-state index in [0.717, 1.165) is 0 Å². The zero-order valence-electron chi connectivity index (χ0n) is 20.3. The number of imidazole rings is 1. The van der Waals surface area contributed by atoms with Crippen LogP contribution in [-0.4, -0.2) is 51.2 Å². The zero-order chi connectivity index (χ0) is 25.2. The number of aromatic nitrogens is 3. The van der Waals surface area contributed by atoms with Gasteiger partial charge in [0.2, 0.25) is 5.91 Å². The molecule has 0 saturated carbocycles. The van der Waals surface area contributed by atoms with Gasteiger partial charge in [0.25, 0.3) is 5.56 Å². The number of anilines is 1. The van der Waals surface area contributed by atoms with Gasteiger partial charge in [0.15, 0.2) is 5.52 Å². The number of nitrogens with one attached hydrogen (secondary N) is 2. The highest BCUT2D eigenvalue weighted by atomic mass is 16.6. The molecule has 0 aromatic carbocycles. The molecule has 1 saturated heterocycles. The van der Waals surface area contributed by atoms with Crippen LogP contribution in [0.3, 0.4) is 0 Å². The maximum Gasteiger partial charge on any atom is 0.308 e. The van der Waals surface area contributed by atoms with E-state index in [4.69, 9.17) is 14.2 Å². The summed E-state index contributed by atoms with van der Waals surface area (Å²) in [6, 6.07) is 1.61. The van der Waals surface area contributed by atoms with Gasteiger partial charge >= 0.3 is 11.9 Å². The van der Waals surface area contributed by atoms with Crippen molar-refractivity contribution in [1.82, 2.24) is 14.5 Å². The summed E-state index contributed by atoms with van der Waals surface area (Å²) >= 11 is 0. The number of pyridine rings is 1. The number of hydrogen-bond acceptors (Lipinski definition) is 8. The minimum atomic E-state index is -0.685. The summed E-state index contributed by atoms with van der Waals surface area (Å²) in [7, 11) is 0. The number of carbonyl (C=O) groups is 3. The van der Waals surface area contributed by atoms with Crippen molar-refractivity contribution >= 4 is 34.7 Å². The lowest BCUT2D eigenvalue weighted by Crippen LogP contribution is -2.33. The molecular weight excluding hydrogens is 444 g/mol. The van der Waals surface area contributed by atoms with Crippen molar-refractivity contribution in [2.24, 2.45) is 17.8 Å². The molecule has 11 heteroatoms. The summed E-state index contributed by atoms with van der Waals surface area (Å²) in [5.41, 5.74) is 0.164. The average molecular weight is 477 g/mol. The molecule has 2 aromatic heterocycles. The number of esters is 2. The topological polar surface area (TPSA) is 142 Å². The first-order valence-electron chi connectivity index (χ1n) is 11.4. The Balaban J connectivity index is 1.88. The third kappa shape index (κ3) is 5.64. The summed E-state index contributed by atoms with van der Waals surface area (Å²) < 4.78 is 18.7. The number of fused-ring (bicyclic) bond motifs is 1. The second-order valence-corrected chi connectivity index (χ2v) is 9.32. The van der Waals surface area contributed by atoms with E-state index in [1.54, 1.807) is 52.2 Å². The average Bonchev–Trinajstić information content (AvgIpc) is 3.35. The highest BCUT2D eigenvalue weighted by Crippen LogP contribution is 2.33. The minimum Gasteiger partial charge on any atom is -0.463 e. The SMILES string of the molecule is CC(C)C(=O)Nc1cc2c(ncn2[C@H]2C[C@H](OC(=O)C(C)C)[C@@H](COC(=O)C(C)C)O2)c(=O)[nH]1. The summed E-state index contributed by atoms with van der Waals surface area (Å²) in [4.78, 5) is 55.6. The van der Waals surface area contributed by atoms with E-state index in [9.17, 15) is 19.2 Å². The van der Waals surface area contributed by atoms with E-state index in [-0.39, 0.29) is 60.0 Å². The Hall–Kier alpha value is -3.21. The van der Waals surface area contributed by atoms with Gasteiger partial charge in [-0.2, -0.15) is 0 Å². The predicted octanol–water partition coefficient (Wildman–Crippen LogP) is 2.37.